The van der Waals surface area contributed by atoms with Crippen molar-refractivity contribution in [1.29, 1.82) is 0 Å². The number of rotatable bonds is 6. The van der Waals surface area contributed by atoms with Gasteiger partial charge in [-0.15, -0.1) is 0 Å². The number of para-hydroxylation sites is 2. The first-order valence-corrected chi connectivity index (χ1v) is 8.16. The maximum Gasteiger partial charge on any atom is 0.171 e. The lowest BCUT2D eigenvalue weighted by molar-refractivity contribution is -0.890. The van der Waals surface area contributed by atoms with Gasteiger partial charge in [0.1, 0.15) is 17.6 Å². The van der Waals surface area contributed by atoms with E-state index in [1.54, 1.807) is 25.3 Å². The highest BCUT2D eigenvalue weighted by Gasteiger charge is 2.21. The molecule has 1 atom stereocenters. The SMILES string of the molecule is COc1ccccc1[C@H](CNC(=S)Nc1ccccc1F)[NH+](C)C. The van der Waals surface area contributed by atoms with Gasteiger partial charge in [-0.2, -0.15) is 0 Å². The van der Waals surface area contributed by atoms with Gasteiger partial charge in [0.25, 0.3) is 0 Å². The van der Waals surface area contributed by atoms with Crippen LogP contribution < -0.4 is 20.3 Å². The molecule has 0 unspecified atom stereocenters. The molecule has 2 rings (SSSR count). The van der Waals surface area contributed by atoms with Gasteiger partial charge in [-0.1, -0.05) is 24.3 Å². The summed E-state index contributed by atoms with van der Waals surface area (Å²) in [5.41, 5.74) is 1.46. The van der Waals surface area contributed by atoms with Crippen molar-refractivity contribution in [2.75, 3.05) is 33.1 Å². The lowest BCUT2D eigenvalue weighted by atomic mass is 10.0. The van der Waals surface area contributed by atoms with Gasteiger partial charge in [-0.05, 0) is 36.5 Å². The third-order valence-corrected chi connectivity index (χ3v) is 4.05. The number of quaternary nitrogens is 1. The summed E-state index contributed by atoms with van der Waals surface area (Å²) in [7, 11) is 5.82. The van der Waals surface area contributed by atoms with Crippen LogP contribution in [0.5, 0.6) is 5.75 Å². The molecule has 0 aromatic heterocycles. The van der Waals surface area contributed by atoms with Gasteiger partial charge in [0.05, 0.1) is 39.0 Å². The molecule has 2 aromatic rings. The Labute approximate surface area is 147 Å². The number of nitrogens with one attached hydrogen (secondary N) is 3. The zero-order valence-electron chi connectivity index (χ0n) is 14.1. The summed E-state index contributed by atoms with van der Waals surface area (Å²) in [4.78, 5) is 1.24. The molecule has 0 aliphatic heterocycles. The summed E-state index contributed by atoms with van der Waals surface area (Å²) in [6.45, 7) is 0.600. The number of benzene rings is 2. The number of hydrogen-bond acceptors (Lipinski definition) is 2. The lowest BCUT2D eigenvalue weighted by Gasteiger charge is -2.24. The second-order valence-corrected chi connectivity index (χ2v) is 6.10. The summed E-state index contributed by atoms with van der Waals surface area (Å²) in [6.07, 6.45) is 0. The summed E-state index contributed by atoms with van der Waals surface area (Å²) < 4.78 is 19.1. The average Bonchev–Trinajstić information content (AvgIpc) is 2.57. The Balaban J connectivity index is 2.04. The van der Waals surface area contributed by atoms with Crippen LogP contribution >= 0.6 is 12.2 Å². The summed E-state index contributed by atoms with van der Waals surface area (Å²) in [5, 5.41) is 6.45. The second kappa shape index (κ2) is 8.61. The second-order valence-electron chi connectivity index (χ2n) is 5.69. The minimum atomic E-state index is -0.332. The third-order valence-electron chi connectivity index (χ3n) is 3.80. The number of ether oxygens (including phenoxy) is 1. The first-order valence-electron chi connectivity index (χ1n) is 7.75. The predicted molar refractivity (Wildman–Crippen MR) is 99.2 cm³/mol. The molecule has 0 heterocycles. The molecular weight excluding hydrogens is 325 g/mol. The van der Waals surface area contributed by atoms with E-state index in [1.165, 1.54) is 11.0 Å². The predicted octanol–water partition coefficient (Wildman–Crippen LogP) is 2.01. The van der Waals surface area contributed by atoms with Crippen molar-refractivity contribution in [1.82, 2.24) is 5.32 Å². The van der Waals surface area contributed by atoms with E-state index in [0.29, 0.717) is 17.3 Å². The van der Waals surface area contributed by atoms with Gasteiger partial charge >= 0.3 is 0 Å². The molecule has 128 valence electrons. The Morgan fingerprint density at radius 1 is 1.17 bits per heavy atom. The third kappa shape index (κ3) is 4.66. The molecule has 0 saturated carbocycles. The largest absolute Gasteiger partial charge is 0.496 e. The molecule has 0 spiro atoms. The Morgan fingerprint density at radius 3 is 2.50 bits per heavy atom. The van der Waals surface area contributed by atoms with Crippen LogP contribution in [0.25, 0.3) is 0 Å². The highest BCUT2D eigenvalue weighted by Crippen LogP contribution is 2.22. The number of halogens is 1. The van der Waals surface area contributed by atoms with Gasteiger partial charge in [0.2, 0.25) is 0 Å². The Kier molecular flexibility index (Phi) is 6.52. The van der Waals surface area contributed by atoms with Crippen LogP contribution in [0.15, 0.2) is 48.5 Å². The van der Waals surface area contributed by atoms with Gasteiger partial charge in [0, 0.05) is 0 Å². The fourth-order valence-electron chi connectivity index (χ4n) is 2.50. The van der Waals surface area contributed by atoms with Crippen molar-refractivity contribution in [3.63, 3.8) is 0 Å². The molecule has 0 fully saturated rings. The number of thiocarbonyl (C=S) groups is 1. The number of anilines is 1. The van der Waals surface area contributed by atoms with E-state index in [9.17, 15) is 4.39 Å². The molecule has 24 heavy (non-hydrogen) atoms. The first-order chi connectivity index (χ1) is 11.5. The number of methoxy groups -OCH3 is 1. The van der Waals surface area contributed by atoms with E-state index < -0.39 is 0 Å². The molecule has 0 aliphatic carbocycles. The average molecular weight is 348 g/mol. The Bertz CT molecular complexity index is 693. The molecule has 0 aliphatic rings. The van der Waals surface area contributed by atoms with Crippen LogP contribution in [-0.4, -0.2) is 32.9 Å². The van der Waals surface area contributed by atoms with E-state index in [2.05, 4.69) is 24.7 Å². The maximum absolute atomic E-state index is 13.7. The quantitative estimate of drug-likeness (QED) is 0.698. The molecular formula is C18H23FN3OS+. The number of likely N-dealkylation sites (N-methyl/N-ethyl adjacent to an activating group) is 1. The summed E-state index contributed by atoms with van der Waals surface area (Å²) in [5.74, 6) is 0.514. The van der Waals surface area contributed by atoms with Gasteiger partial charge in [0.15, 0.2) is 5.11 Å². The van der Waals surface area contributed by atoms with Crippen molar-refractivity contribution < 1.29 is 14.0 Å². The van der Waals surface area contributed by atoms with Crippen molar-refractivity contribution >= 4 is 23.0 Å². The normalized spacial score (nSPS) is 11.9. The zero-order chi connectivity index (χ0) is 17.5. The van der Waals surface area contributed by atoms with Crippen LogP contribution in [0.4, 0.5) is 10.1 Å². The minimum Gasteiger partial charge on any atom is -0.496 e. The van der Waals surface area contributed by atoms with E-state index >= 15 is 0 Å². The Morgan fingerprint density at radius 2 is 1.83 bits per heavy atom. The van der Waals surface area contributed by atoms with Crippen molar-refractivity contribution in [3.8, 4) is 5.75 Å². The van der Waals surface area contributed by atoms with Gasteiger partial charge < -0.3 is 20.3 Å². The van der Waals surface area contributed by atoms with Gasteiger partial charge in [-0.3, -0.25) is 0 Å². The van der Waals surface area contributed by atoms with E-state index in [1.807, 2.05) is 24.3 Å². The zero-order valence-corrected chi connectivity index (χ0v) is 14.9. The molecule has 6 heteroatoms. The topological polar surface area (TPSA) is 37.7 Å². The highest BCUT2D eigenvalue weighted by atomic mass is 32.1. The van der Waals surface area contributed by atoms with Crippen LogP contribution in [0.1, 0.15) is 11.6 Å². The van der Waals surface area contributed by atoms with Gasteiger partial charge in [-0.25, -0.2) is 4.39 Å². The molecule has 3 N–H and O–H groups in total. The van der Waals surface area contributed by atoms with Crippen molar-refractivity contribution in [2.24, 2.45) is 0 Å². The molecule has 0 saturated heterocycles. The summed E-state index contributed by atoms with van der Waals surface area (Å²) >= 11 is 5.28. The van der Waals surface area contributed by atoms with E-state index in [-0.39, 0.29) is 11.9 Å². The molecule has 0 amide bonds. The van der Waals surface area contributed by atoms with Crippen LogP contribution in [0.2, 0.25) is 0 Å². The van der Waals surface area contributed by atoms with Crippen molar-refractivity contribution in [3.05, 3.63) is 59.9 Å². The lowest BCUT2D eigenvalue weighted by Crippen LogP contribution is -3.07. The maximum atomic E-state index is 13.7. The molecule has 0 radical (unpaired) electrons. The fourth-order valence-corrected chi connectivity index (χ4v) is 2.70. The fraction of sp³-hybridized carbons (Fsp3) is 0.278. The molecule has 2 aromatic carbocycles. The molecule has 0 bridgehead atoms. The monoisotopic (exact) mass is 348 g/mol. The van der Waals surface area contributed by atoms with E-state index in [4.69, 9.17) is 17.0 Å². The molecule has 4 nitrogen and oxygen atoms in total. The van der Waals surface area contributed by atoms with Crippen molar-refractivity contribution in [2.45, 2.75) is 6.04 Å². The smallest absolute Gasteiger partial charge is 0.171 e. The minimum absolute atomic E-state index is 0.140. The van der Waals surface area contributed by atoms with E-state index in [0.717, 1.165) is 11.3 Å². The highest BCUT2D eigenvalue weighted by molar-refractivity contribution is 7.80. The number of hydrogen-bond donors (Lipinski definition) is 3. The Hall–Kier alpha value is -2.18. The summed E-state index contributed by atoms with van der Waals surface area (Å²) in [6, 6.07) is 14.5. The van der Waals surface area contributed by atoms with Crippen LogP contribution in [0.3, 0.4) is 0 Å². The standard InChI is InChI=1S/C18H22FN3OS/c1-22(2)16(13-8-4-7-11-17(13)23-3)12-20-18(24)21-15-10-6-5-9-14(15)19/h4-11,16H,12H2,1-3H3,(H2,20,21,24)/p+1/t16-/m0/s1. The first kappa shape index (κ1) is 18.2. The van der Waals surface area contributed by atoms with Crippen LogP contribution in [0, 0.1) is 5.82 Å². The van der Waals surface area contributed by atoms with Crippen LogP contribution in [-0.2, 0) is 0 Å².